The Bertz CT molecular complexity index is 548. The molecule has 2 rings (SSSR count). The molecule has 1 aromatic heterocycles. The Morgan fingerprint density at radius 1 is 1.55 bits per heavy atom. The third-order valence-corrected chi connectivity index (χ3v) is 5.19. The number of β-amino-alcohol motifs (C(OH)–C–C–N with tert-alkyl or cyclic N) is 1. The van der Waals surface area contributed by atoms with Gasteiger partial charge in [0.1, 0.15) is 10.7 Å². The van der Waals surface area contributed by atoms with Crippen molar-refractivity contribution in [2.24, 2.45) is 0 Å². The minimum absolute atomic E-state index is 0.157. The van der Waals surface area contributed by atoms with Gasteiger partial charge < -0.3 is 10.4 Å². The van der Waals surface area contributed by atoms with Crippen molar-refractivity contribution in [2.75, 3.05) is 25.0 Å². The zero-order valence-corrected chi connectivity index (χ0v) is 12.4. The van der Waals surface area contributed by atoms with E-state index in [-0.39, 0.29) is 11.4 Å². The van der Waals surface area contributed by atoms with E-state index in [1.165, 1.54) is 4.31 Å². The van der Waals surface area contributed by atoms with Crippen molar-refractivity contribution in [3.8, 4) is 0 Å². The molecule has 7 heteroatoms. The molecular weight excluding hydrogens is 278 g/mol. The number of aliphatic hydroxyl groups excluding tert-OH is 1. The van der Waals surface area contributed by atoms with Crippen molar-refractivity contribution < 1.29 is 13.5 Å². The summed E-state index contributed by atoms with van der Waals surface area (Å²) in [7, 11) is -3.61. The molecule has 1 aliphatic rings. The summed E-state index contributed by atoms with van der Waals surface area (Å²) in [4.78, 5) is 4.30. The lowest BCUT2D eigenvalue weighted by molar-refractivity contribution is 0.108. The number of anilines is 1. The van der Waals surface area contributed by atoms with Crippen LogP contribution in [-0.2, 0) is 10.0 Å². The number of rotatable bonds is 5. The van der Waals surface area contributed by atoms with Crippen LogP contribution in [0.5, 0.6) is 0 Å². The predicted octanol–water partition coefficient (Wildman–Crippen LogP) is 1.05. The van der Waals surface area contributed by atoms with E-state index in [4.69, 9.17) is 0 Å². The molecule has 1 saturated heterocycles. The van der Waals surface area contributed by atoms with Gasteiger partial charge in [-0.25, -0.2) is 13.4 Å². The molecule has 2 heterocycles. The van der Waals surface area contributed by atoms with Gasteiger partial charge in [0.2, 0.25) is 10.0 Å². The first-order chi connectivity index (χ1) is 9.55. The molecule has 0 saturated carbocycles. The molecule has 112 valence electrons. The molecule has 1 aliphatic heterocycles. The van der Waals surface area contributed by atoms with E-state index in [2.05, 4.69) is 10.3 Å². The predicted molar refractivity (Wildman–Crippen MR) is 77.0 cm³/mol. The molecule has 0 spiro atoms. The number of aromatic nitrogens is 1. The second-order valence-corrected chi connectivity index (χ2v) is 6.84. The first-order valence-electron chi connectivity index (χ1n) is 6.92. The van der Waals surface area contributed by atoms with Crippen LogP contribution in [-0.4, -0.2) is 48.6 Å². The molecule has 1 aromatic rings. The molecule has 0 aromatic carbocycles. The van der Waals surface area contributed by atoms with Crippen molar-refractivity contribution in [3.05, 3.63) is 18.3 Å². The fraction of sp³-hybridized carbons (Fsp3) is 0.615. The SMILES string of the molecule is CCCNc1ncccc1S(=O)(=O)N1CCCC(O)C1. The van der Waals surface area contributed by atoms with E-state index in [0.717, 1.165) is 6.42 Å². The number of sulfonamides is 1. The van der Waals surface area contributed by atoms with Gasteiger partial charge in [-0.3, -0.25) is 0 Å². The average Bonchev–Trinajstić information content (AvgIpc) is 2.45. The summed E-state index contributed by atoms with van der Waals surface area (Å²) in [5, 5.41) is 12.7. The molecule has 6 nitrogen and oxygen atoms in total. The average molecular weight is 299 g/mol. The third-order valence-electron chi connectivity index (χ3n) is 3.29. The third kappa shape index (κ3) is 3.28. The van der Waals surface area contributed by atoms with Crippen LogP contribution in [0.15, 0.2) is 23.2 Å². The molecule has 20 heavy (non-hydrogen) atoms. The van der Waals surface area contributed by atoms with Crippen molar-refractivity contribution in [3.63, 3.8) is 0 Å². The summed E-state index contributed by atoms with van der Waals surface area (Å²) in [5.41, 5.74) is 0. The van der Waals surface area contributed by atoms with E-state index in [1.54, 1.807) is 18.3 Å². The summed E-state index contributed by atoms with van der Waals surface area (Å²) in [6, 6.07) is 3.17. The summed E-state index contributed by atoms with van der Waals surface area (Å²) in [6.07, 6.45) is 3.21. The number of nitrogens with zero attached hydrogens (tertiary/aromatic N) is 2. The van der Waals surface area contributed by atoms with Crippen LogP contribution < -0.4 is 5.32 Å². The molecule has 0 radical (unpaired) electrons. The van der Waals surface area contributed by atoms with Gasteiger partial charge in [0.25, 0.3) is 0 Å². The summed E-state index contributed by atoms with van der Waals surface area (Å²) < 4.78 is 26.6. The van der Waals surface area contributed by atoms with Crippen LogP contribution in [0.25, 0.3) is 0 Å². The first-order valence-corrected chi connectivity index (χ1v) is 8.37. The summed E-state index contributed by atoms with van der Waals surface area (Å²) >= 11 is 0. The highest BCUT2D eigenvalue weighted by Gasteiger charge is 2.31. The summed E-state index contributed by atoms with van der Waals surface area (Å²) in [6.45, 7) is 3.28. The van der Waals surface area contributed by atoms with Crippen LogP contribution in [0, 0.1) is 0 Å². The smallest absolute Gasteiger partial charge is 0.246 e. The highest BCUT2D eigenvalue weighted by molar-refractivity contribution is 7.89. The maximum Gasteiger partial charge on any atom is 0.246 e. The van der Waals surface area contributed by atoms with Gasteiger partial charge in [-0.05, 0) is 31.4 Å². The minimum Gasteiger partial charge on any atom is -0.392 e. The molecule has 2 N–H and O–H groups in total. The second kappa shape index (κ2) is 6.51. The van der Waals surface area contributed by atoms with Gasteiger partial charge in [-0.1, -0.05) is 6.92 Å². The molecule has 1 unspecified atom stereocenters. The van der Waals surface area contributed by atoms with E-state index >= 15 is 0 Å². The molecule has 0 aliphatic carbocycles. The maximum absolute atomic E-state index is 12.7. The second-order valence-electron chi connectivity index (χ2n) is 4.94. The van der Waals surface area contributed by atoms with E-state index in [0.29, 0.717) is 31.7 Å². The Morgan fingerprint density at radius 2 is 2.35 bits per heavy atom. The Morgan fingerprint density at radius 3 is 3.05 bits per heavy atom. The summed E-state index contributed by atoms with van der Waals surface area (Å²) in [5.74, 6) is 0.384. The Hall–Kier alpha value is -1.18. The van der Waals surface area contributed by atoms with Crippen molar-refractivity contribution in [1.82, 2.24) is 9.29 Å². The topological polar surface area (TPSA) is 82.5 Å². The lowest BCUT2D eigenvalue weighted by atomic mass is 10.1. The van der Waals surface area contributed by atoms with Crippen LogP contribution in [0.2, 0.25) is 0 Å². The molecule has 0 amide bonds. The van der Waals surface area contributed by atoms with Crippen molar-refractivity contribution in [1.29, 1.82) is 0 Å². The van der Waals surface area contributed by atoms with Crippen LogP contribution in [0.1, 0.15) is 26.2 Å². The largest absolute Gasteiger partial charge is 0.392 e. The standard InChI is InChI=1S/C13H21N3O3S/c1-2-7-14-13-12(6-3-8-15-13)20(18,19)16-9-4-5-11(17)10-16/h3,6,8,11,17H,2,4-5,7,9-10H2,1H3,(H,14,15). The number of pyridine rings is 1. The monoisotopic (exact) mass is 299 g/mol. The zero-order chi connectivity index (χ0) is 14.6. The highest BCUT2D eigenvalue weighted by Crippen LogP contribution is 2.25. The Kier molecular flexibility index (Phi) is 4.95. The van der Waals surface area contributed by atoms with Crippen molar-refractivity contribution >= 4 is 15.8 Å². The Labute approximate surface area is 119 Å². The molecule has 0 bridgehead atoms. The lowest BCUT2D eigenvalue weighted by Crippen LogP contribution is -2.42. The minimum atomic E-state index is -3.61. The maximum atomic E-state index is 12.7. The quantitative estimate of drug-likeness (QED) is 0.849. The fourth-order valence-corrected chi connectivity index (χ4v) is 3.89. The molecular formula is C13H21N3O3S. The van der Waals surface area contributed by atoms with Gasteiger partial charge in [0.15, 0.2) is 0 Å². The van der Waals surface area contributed by atoms with Gasteiger partial charge in [0.05, 0.1) is 6.10 Å². The van der Waals surface area contributed by atoms with E-state index in [9.17, 15) is 13.5 Å². The van der Waals surface area contributed by atoms with E-state index < -0.39 is 16.1 Å². The normalized spacial score (nSPS) is 20.8. The van der Waals surface area contributed by atoms with Gasteiger partial charge in [-0.15, -0.1) is 0 Å². The molecule has 1 fully saturated rings. The van der Waals surface area contributed by atoms with Gasteiger partial charge in [0, 0.05) is 25.8 Å². The number of hydrogen-bond donors (Lipinski definition) is 2. The van der Waals surface area contributed by atoms with Crippen LogP contribution in [0.4, 0.5) is 5.82 Å². The zero-order valence-electron chi connectivity index (χ0n) is 11.6. The van der Waals surface area contributed by atoms with E-state index in [1.807, 2.05) is 6.92 Å². The number of nitrogens with one attached hydrogen (secondary N) is 1. The number of hydrogen-bond acceptors (Lipinski definition) is 5. The fourth-order valence-electron chi connectivity index (χ4n) is 2.25. The number of piperidine rings is 1. The highest BCUT2D eigenvalue weighted by atomic mass is 32.2. The lowest BCUT2D eigenvalue weighted by Gasteiger charge is -2.29. The van der Waals surface area contributed by atoms with Crippen molar-refractivity contribution in [2.45, 2.75) is 37.2 Å². The van der Waals surface area contributed by atoms with Crippen LogP contribution in [0.3, 0.4) is 0 Å². The number of aliphatic hydroxyl groups is 1. The van der Waals surface area contributed by atoms with Gasteiger partial charge in [-0.2, -0.15) is 4.31 Å². The Balaban J connectivity index is 2.29. The van der Waals surface area contributed by atoms with Gasteiger partial charge >= 0.3 is 0 Å². The van der Waals surface area contributed by atoms with Crippen LogP contribution >= 0.6 is 0 Å². The molecule has 1 atom stereocenters. The first kappa shape index (κ1) is 15.2.